The number of rotatable bonds is 3. The number of benzene rings is 1. The van der Waals surface area contributed by atoms with Gasteiger partial charge in [0.05, 0.1) is 12.5 Å². The predicted octanol–water partition coefficient (Wildman–Crippen LogP) is 2.22. The molecular formula is C13H16O4. The number of aromatic hydroxyl groups is 1. The van der Waals surface area contributed by atoms with Crippen molar-refractivity contribution in [1.29, 1.82) is 0 Å². The van der Waals surface area contributed by atoms with Crippen LogP contribution < -0.4 is 4.74 Å². The van der Waals surface area contributed by atoms with Gasteiger partial charge >= 0.3 is 5.97 Å². The minimum atomic E-state index is -0.926. The van der Waals surface area contributed by atoms with E-state index in [0.29, 0.717) is 24.2 Å². The number of carbonyl (C=O) groups is 1. The number of methoxy groups -OCH3 is 1. The van der Waals surface area contributed by atoms with Gasteiger partial charge in [0.25, 0.3) is 0 Å². The molecule has 0 unspecified atom stereocenters. The molecule has 1 fully saturated rings. The van der Waals surface area contributed by atoms with Crippen LogP contribution in [0.25, 0.3) is 0 Å². The second-order valence-corrected chi connectivity index (χ2v) is 4.58. The number of phenolic OH excluding ortho intramolecular Hbond substituents is 1. The molecule has 0 heterocycles. The lowest BCUT2D eigenvalue weighted by atomic mass is 9.64. The van der Waals surface area contributed by atoms with Crippen LogP contribution in [-0.4, -0.2) is 23.3 Å². The molecule has 1 saturated carbocycles. The maximum absolute atomic E-state index is 11.4. The zero-order valence-corrected chi connectivity index (χ0v) is 9.99. The molecule has 0 aromatic heterocycles. The Kier molecular flexibility index (Phi) is 2.73. The van der Waals surface area contributed by atoms with Crippen molar-refractivity contribution in [2.45, 2.75) is 31.6 Å². The van der Waals surface area contributed by atoms with Crippen LogP contribution in [0, 0.1) is 6.92 Å². The van der Waals surface area contributed by atoms with Gasteiger partial charge in [0.2, 0.25) is 0 Å². The average Bonchev–Trinajstić information content (AvgIpc) is 2.18. The molecule has 1 aliphatic rings. The molecule has 0 saturated heterocycles. The fraction of sp³-hybridized carbons (Fsp3) is 0.462. The van der Waals surface area contributed by atoms with E-state index in [1.165, 1.54) is 7.11 Å². The summed E-state index contributed by atoms with van der Waals surface area (Å²) in [6, 6.07) is 3.22. The largest absolute Gasteiger partial charge is 0.508 e. The monoisotopic (exact) mass is 236 g/mol. The Morgan fingerprint density at radius 3 is 2.47 bits per heavy atom. The van der Waals surface area contributed by atoms with Crippen molar-refractivity contribution in [3.8, 4) is 11.5 Å². The molecule has 1 aromatic carbocycles. The summed E-state index contributed by atoms with van der Waals surface area (Å²) in [6.45, 7) is 1.82. The van der Waals surface area contributed by atoms with Crippen LogP contribution in [-0.2, 0) is 10.2 Å². The van der Waals surface area contributed by atoms with E-state index in [0.717, 1.165) is 12.0 Å². The Bertz CT molecular complexity index is 461. The van der Waals surface area contributed by atoms with Crippen molar-refractivity contribution in [3.05, 3.63) is 23.3 Å². The average molecular weight is 236 g/mol. The summed E-state index contributed by atoms with van der Waals surface area (Å²) in [6.07, 6.45) is 2.02. The molecule has 2 N–H and O–H groups in total. The molecule has 0 radical (unpaired) electrons. The highest BCUT2D eigenvalue weighted by Crippen LogP contribution is 2.48. The molecule has 17 heavy (non-hydrogen) atoms. The van der Waals surface area contributed by atoms with E-state index in [1.807, 2.05) is 6.92 Å². The standard InChI is InChI=1S/C13H16O4/c1-8-6-10(14)9(7-11(8)17-2)13(12(15)16)4-3-5-13/h6-7,14H,3-5H2,1-2H3,(H,15,16). The molecule has 4 nitrogen and oxygen atoms in total. The zero-order chi connectivity index (χ0) is 12.6. The lowest BCUT2D eigenvalue weighted by Gasteiger charge is -2.38. The van der Waals surface area contributed by atoms with Crippen molar-refractivity contribution in [3.63, 3.8) is 0 Å². The number of hydrogen-bond acceptors (Lipinski definition) is 3. The smallest absolute Gasteiger partial charge is 0.314 e. The van der Waals surface area contributed by atoms with Crippen LogP contribution in [0.4, 0.5) is 0 Å². The first-order valence-electron chi connectivity index (χ1n) is 5.63. The minimum absolute atomic E-state index is 0.0467. The van der Waals surface area contributed by atoms with Crippen molar-refractivity contribution < 1.29 is 19.7 Å². The number of aryl methyl sites for hydroxylation is 1. The third-order valence-electron chi connectivity index (χ3n) is 3.65. The number of hydrogen-bond donors (Lipinski definition) is 2. The van der Waals surface area contributed by atoms with E-state index in [2.05, 4.69) is 0 Å². The molecule has 1 aromatic rings. The molecule has 2 rings (SSSR count). The van der Waals surface area contributed by atoms with Gasteiger partial charge in [0.1, 0.15) is 11.5 Å². The van der Waals surface area contributed by atoms with E-state index in [4.69, 9.17) is 4.74 Å². The van der Waals surface area contributed by atoms with Crippen LogP contribution in [0.3, 0.4) is 0 Å². The van der Waals surface area contributed by atoms with Gasteiger partial charge in [0, 0.05) is 5.56 Å². The van der Waals surface area contributed by atoms with E-state index < -0.39 is 11.4 Å². The van der Waals surface area contributed by atoms with Crippen LogP contribution in [0.1, 0.15) is 30.4 Å². The van der Waals surface area contributed by atoms with E-state index in [1.54, 1.807) is 12.1 Å². The lowest BCUT2D eigenvalue weighted by Crippen LogP contribution is -2.42. The number of phenols is 1. The Balaban J connectivity index is 2.54. The molecule has 0 bridgehead atoms. The van der Waals surface area contributed by atoms with Gasteiger partial charge in [-0.05, 0) is 37.5 Å². The SMILES string of the molecule is COc1cc(C2(C(=O)O)CCC2)c(O)cc1C. The summed E-state index contributed by atoms with van der Waals surface area (Å²) in [5.74, 6) is -0.208. The number of carboxylic acid groups (broad SMARTS) is 1. The van der Waals surface area contributed by atoms with Crippen LogP contribution in [0.2, 0.25) is 0 Å². The summed E-state index contributed by atoms with van der Waals surface area (Å²) in [5, 5.41) is 19.3. The normalized spacial score (nSPS) is 17.3. The third-order valence-corrected chi connectivity index (χ3v) is 3.65. The highest BCUT2D eigenvalue weighted by Gasteiger charge is 2.47. The number of aliphatic carboxylic acids is 1. The highest BCUT2D eigenvalue weighted by atomic mass is 16.5. The summed E-state index contributed by atoms with van der Waals surface area (Å²) < 4.78 is 5.18. The Morgan fingerprint density at radius 2 is 2.06 bits per heavy atom. The summed E-state index contributed by atoms with van der Waals surface area (Å²) in [5.41, 5.74) is 0.345. The molecule has 92 valence electrons. The predicted molar refractivity (Wildman–Crippen MR) is 62.6 cm³/mol. The molecule has 0 amide bonds. The molecule has 0 aliphatic heterocycles. The fourth-order valence-electron chi connectivity index (χ4n) is 2.40. The van der Waals surface area contributed by atoms with Crippen LogP contribution >= 0.6 is 0 Å². The third kappa shape index (κ3) is 1.64. The molecular weight excluding hydrogens is 220 g/mol. The molecule has 4 heteroatoms. The van der Waals surface area contributed by atoms with Gasteiger partial charge in [-0.2, -0.15) is 0 Å². The van der Waals surface area contributed by atoms with Crippen molar-refractivity contribution in [2.24, 2.45) is 0 Å². The van der Waals surface area contributed by atoms with Gasteiger partial charge in [0.15, 0.2) is 0 Å². The highest BCUT2D eigenvalue weighted by molar-refractivity contribution is 5.84. The molecule has 1 aliphatic carbocycles. The number of ether oxygens (including phenoxy) is 1. The van der Waals surface area contributed by atoms with Crippen molar-refractivity contribution in [1.82, 2.24) is 0 Å². The fourth-order valence-corrected chi connectivity index (χ4v) is 2.40. The second kappa shape index (κ2) is 3.95. The van der Waals surface area contributed by atoms with E-state index >= 15 is 0 Å². The van der Waals surface area contributed by atoms with E-state index in [-0.39, 0.29) is 5.75 Å². The summed E-state index contributed by atoms with van der Waals surface area (Å²) in [7, 11) is 1.54. The number of carboxylic acids is 1. The zero-order valence-electron chi connectivity index (χ0n) is 9.99. The first-order valence-corrected chi connectivity index (χ1v) is 5.63. The molecule has 0 atom stereocenters. The Labute approximate surface area is 99.8 Å². The maximum atomic E-state index is 11.4. The van der Waals surface area contributed by atoms with Gasteiger partial charge in [-0.1, -0.05) is 6.42 Å². The summed E-state index contributed by atoms with van der Waals surface area (Å²) in [4.78, 5) is 11.4. The second-order valence-electron chi connectivity index (χ2n) is 4.58. The maximum Gasteiger partial charge on any atom is 0.314 e. The Hall–Kier alpha value is -1.71. The Morgan fingerprint density at radius 1 is 1.41 bits per heavy atom. The first kappa shape index (κ1) is 11.8. The van der Waals surface area contributed by atoms with Gasteiger partial charge in [-0.3, -0.25) is 4.79 Å². The van der Waals surface area contributed by atoms with E-state index in [9.17, 15) is 15.0 Å². The topological polar surface area (TPSA) is 66.8 Å². The van der Waals surface area contributed by atoms with Crippen molar-refractivity contribution in [2.75, 3.05) is 7.11 Å². The van der Waals surface area contributed by atoms with Gasteiger partial charge < -0.3 is 14.9 Å². The van der Waals surface area contributed by atoms with Crippen LogP contribution in [0.15, 0.2) is 12.1 Å². The minimum Gasteiger partial charge on any atom is -0.508 e. The summed E-state index contributed by atoms with van der Waals surface area (Å²) >= 11 is 0. The van der Waals surface area contributed by atoms with Gasteiger partial charge in [-0.15, -0.1) is 0 Å². The lowest BCUT2D eigenvalue weighted by molar-refractivity contribution is -0.147. The first-order chi connectivity index (χ1) is 8.01. The van der Waals surface area contributed by atoms with Gasteiger partial charge in [-0.25, -0.2) is 0 Å². The molecule has 0 spiro atoms. The quantitative estimate of drug-likeness (QED) is 0.844. The van der Waals surface area contributed by atoms with Crippen LogP contribution in [0.5, 0.6) is 11.5 Å². The van der Waals surface area contributed by atoms with Crippen molar-refractivity contribution >= 4 is 5.97 Å².